The second kappa shape index (κ2) is 4.65. The molecule has 2 aromatic rings. The second-order valence-electron chi connectivity index (χ2n) is 5.35. The average molecular weight is 263 g/mol. The van der Waals surface area contributed by atoms with E-state index in [1.807, 2.05) is 5.38 Å². The van der Waals surface area contributed by atoms with Gasteiger partial charge in [0.15, 0.2) is 5.78 Å². The average Bonchev–Trinajstić information content (AvgIpc) is 2.85. The minimum atomic E-state index is 0.0189. The molecular weight excluding hydrogens is 246 g/mol. The molecule has 0 aromatic carbocycles. The molecule has 0 saturated carbocycles. The fourth-order valence-corrected chi connectivity index (χ4v) is 2.55. The maximum atomic E-state index is 12.0. The summed E-state index contributed by atoms with van der Waals surface area (Å²) >= 11 is 1.54. The van der Waals surface area contributed by atoms with Gasteiger partial charge in [-0.05, 0) is 6.07 Å². The van der Waals surface area contributed by atoms with Crippen LogP contribution in [0.2, 0.25) is 0 Å². The molecule has 96 valence electrons. The molecule has 0 saturated heterocycles. The largest absolute Gasteiger partial charge is 0.292 e. The number of aromatic nitrogens is 3. The SMILES string of the molecule is Cn1ccc(C(=O)Cc2nc(C(C)(C)C)cs2)n1. The summed E-state index contributed by atoms with van der Waals surface area (Å²) in [7, 11) is 1.80. The van der Waals surface area contributed by atoms with Crippen molar-refractivity contribution in [2.75, 3.05) is 0 Å². The summed E-state index contributed by atoms with van der Waals surface area (Å²) in [5, 5.41) is 6.99. The Bertz CT molecular complexity index is 563. The van der Waals surface area contributed by atoms with Crippen LogP contribution in [0.1, 0.15) is 42.0 Å². The van der Waals surface area contributed by atoms with Crippen LogP contribution in [0.15, 0.2) is 17.6 Å². The first-order valence-electron chi connectivity index (χ1n) is 5.84. The Labute approximate surface area is 111 Å². The van der Waals surface area contributed by atoms with Gasteiger partial charge in [-0.15, -0.1) is 11.3 Å². The number of Topliss-reactive ketones (excluding diaryl/α,β-unsaturated/α-hetero) is 1. The molecule has 0 spiro atoms. The third-order valence-corrected chi connectivity index (χ3v) is 3.48. The lowest BCUT2D eigenvalue weighted by atomic mass is 9.93. The summed E-state index contributed by atoms with van der Waals surface area (Å²) in [5.41, 5.74) is 1.57. The number of hydrogen-bond donors (Lipinski definition) is 0. The monoisotopic (exact) mass is 263 g/mol. The highest BCUT2D eigenvalue weighted by Crippen LogP contribution is 2.24. The van der Waals surface area contributed by atoms with Crippen molar-refractivity contribution >= 4 is 17.1 Å². The molecule has 0 atom stereocenters. The quantitative estimate of drug-likeness (QED) is 0.800. The molecule has 0 aliphatic heterocycles. The molecule has 2 aromatic heterocycles. The standard InChI is InChI=1S/C13H17N3OS/c1-13(2,3)11-8-18-12(14-11)7-10(17)9-5-6-16(4)15-9/h5-6,8H,7H2,1-4H3. The number of carbonyl (C=O) groups excluding carboxylic acids is 1. The van der Waals surface area contributed by atoms with Crippen LogP contribution >= 0.6 is 11.3 Å². The summed E-state index contributed by atoms with van der Waals surface area (Å²) in [6.45, 7) is 6.35. The van der Waals surface area contributed by atoms with Crippen molar-refractivity contribution in [3.8, 4) is 0 Å². The van der Waals surface area contributed by atoms with E-state index in [4.69, 9.17) is 0 Å². The highest BCUT2D eigenvalue weighted by Gasteiger charge is 2.19. The second-order valence-corrected chi connectivity index (χ2v) is 6.29. The van der Waals surface area contributed by atoms with Crippen molar-refractivity contribution in [2.45, 2.75) is 32.6 Å². The van der Waals surface area contributed by atoms with Crippen molar-refractivity contribution in [1.29, 1.82) is 0 Å². The van der Waals surface area contributed by atoms with Gasteiger partial charge in [0.1, 0.15) is 10.7 Å². The summed E-state index contributed by atoms with van der Waals surface area (Å²) in [6, 6.07) is 1.74. The Morgan fingerprint density at radius 2 is 2.17 bits per heavy atom. The molecule has 0 unspecified atom stereocenters. The molecule has 0 N–H and O–H groups in total. The van der Waals surface area contributed by atoms with E-state index < -0.39 is 0 Å². The predicted molar refractivity (Wildman–Crippen MR) is 72.1 cm³/mol. The Hall–Kier alpha value is -1.49. The van der Waals surface area contributed by atoms with Gasteiger partial charge in [0, 0.05) is 24.0 Å². The molecule has 0 fully saturated rings. The Kier molecular flexibility index (Phi) is 3.34. The van der Waals surface area contributed by atoms with Crippen LogP contribution < -0.4 is 0 Å². The lowest BCUT2D eigenvalue weighted by Gasteiger charge is -2.14. The van der Waals surface area contributed by atoms with Gasteiger partial charge in [-0.2, -0.15) is 5.10 Å². The Morgan fingerprint density at radius 3 is 2.67 bits per heavy atom. The number of hydrogen-bond acceptors (Lipinski definition) is 4. The number of thiazole rings is 1. The van der Waals surface area contributed by atoms with Crippen molar-refractivity contribution < 1.29 is 4.79 Å². The number of carbonyl (C=O) groups is 1. The zero-order valence-corrected chi connectivity index (χ0v) is 11.9. The van der Waals surface area contributed by atoms with Gasteiger partial charge in [0.25, 0.3) is 0 Å². The van der Waals surface area contributed by atoms with Gasteiger partial charge in [-0.25, -0.2) is 4.98 Å². The van der Waals surface area contributed by atoms with Crippen LogP contribution in [0.25, 0.3) is 0 Å². The fourth-order valence-electron chi connectivity index (χ4n) is 1.53. The van der Waals surface area contributed by atoms with E-state index in [-0.39, 0.29) is 11.2 Å². The smallest absolute Gasteiger partial charge is 0.189 e. The van der Waals surface area contributed by atoms with E-state index in [1.54, 1.807) is 24.0 Å². The molecular formula is C13H17N3OS. The van der Waals surface area contributed by atoms with Crippen molar-refractivity contribution in [3.63, 3.8) is 0 Å². The zero-order chi connectivity index (χ0) is 13.3. The first-order chi connectivity index (χ1) is 8.36. The number of nitrogens with zero attached hydrogens (tertiary/aromatic N) is 3. The summed E-state index contributed by atoms with van der Waals surface area (Å²) in [4.78, 5) is 16.5. The van der Waals surface area contributed by atoms with Gasteiger partial charge in [0.05, 0.1) is 12.1 Å². The van der Waals surface area contributed by atoms with Crippen LogP contribution in [0.3, 0.4) is 0 Å². The summed E-state index contributed by atoms with van der Waals surface area (Å²) < 4.78 is 1.63. The van der Waals surface area contributed by atoms with E-state index in [0.29, 0.717) is 12.1 Å². The molecule has 2 heterocycles. The number of ketones is 1. The molecule has 0 bridgehead atoms. The van der Waals surface area contributed by atoms with E-state index in [9.17, 15) is 4.79 Å². The third kappa shape index (κ3) is 2.85. The van der Waals surface area contributed by atoms with Crippen LogP contribution in [-0.4, -0.2) is 20.5 Å². The maximum Gasteiger partial charge on any atom is 0.189 e. The zero-order valence-electron chi connectivity index (χ0n) is 11.1. The third-order valence-electron chi connectivity index (χ3n) is 2.63. The molecule has 4 nitrogen and oxygen atoms in total. The maximum absolute atomic E-state index is 12.0. The Morgan fingerprint density at radius 1 is 1.44 bits per heavy atom. The lowest BCUT2D eigenvalue weighted by Crippen LogP contribution is -2.12. The normalized spacial score (nSPS) is 11.8. The van der Waals surface area contributed by atoms with E-state index in [0.717, 1.165) is 10.7 Å². The van der Waals surface area contributed by atoms with Gasteiger partial charge in [-0.1, -0.05) is 20.8 Å². The summed E-state index contributed by atoms with van der Waals surface area (Å²) in [5.74, 6) is 0.0189. The molecule has 0 amide bonds. The molecule has 5 heteroatoms. The molecule has 0 aliphatic carbocycles. The highest BCUT2D eigenvalue weighted by atomic mass is 32.1. The fraction of sp³-hybridized carbons (Fsp3) is 0.462. The van der Waals surface area contributed by atoms with Crippen molar-refractivity contribution in [1.82, 2.24) is 14.8 Å². The summed E-state index contributed by atoms with van der Waals surface area (Å²) in [6.07, 6.45) is 2.10. The van der Waals surface area contributed by atoms with E-state index in [2.05, 4.69) is 30.9 Å². The molecule has 0 radical (unpaired) electrons. The number of aryl methyl sites for hydroxylation is 1. The van der Waals surface area contributed by atoms with E-state index in [1.165, 1.54) is 11.3 Å². The van der Waals surface area contributed by atoms with Gasteiger partial charge < -0.3 is 0 Å². The van der Waals surface area contributed by atoms with Gasteiger partial charge in [0.2, 0.25) is 0 Å². The van der Waals surface area contributed by atoms with Gasteiger partial charge in [-0.3, -0.25) is 9.48 Å². The first-order valence-corrected chi connectivity index (χ1v) is 6.72. The highest BCUT2D eigenvalue weighted by molar-refractivity contribution is 7.09. The predicted octanol–water partition coefficient (Wildman–Crippen LogP) is 2.60. The first kappa shape index (κ1) is 13.0. The van der Waals surface area contributed by atoms with Crippen molar-refractivity contribution in [2.24, 2.45) is 7.05 Å². The van der Waals surface area contributed by atoms with Crippen LogP contribution in [-0.2, 0) is 18.9 Å². The van der Waals surface area contributed by atoms with Crippen LogP contribution in [0, 0.1) is 0 Å². The minimum Gasteiger partial charge on any atom is -0.292 e. The minimum absolute atomic E-state index is 0.0189. The molecule has 0 aliphatic rings. The number of rotatable bonds is 3. The van der Waals surface area contributed by atoms with Crippen LogP contribution in [0.5, 0.6) is 0 Å². The van der Waals surface area contributed by atoms with Crippen molar-refractivity contribution in [3.05, 3.63) is 34.0 Å². The van der Waals surface area contributed by atoms with Gasteiger partial charge >= 0.3 is 0 Å². The molecule has 18 heavy (non-hydrogen) atoms. The van der Waals surface area contributed by atoms with E-state index >= 15 is 0 Å². The van der Waals surface area contributed by atoms with Crippen LogP contribution in [0.4, 0.5) is 0 Å². The molecule has 2 rings (SSSR count). The Balaban J connectivity index is 2.10. The topological polar surface area (TPSA) is 47.8 Å². The lowest BCUT2D eigenvalue weighted by molar-refractivity contribution is 0.0987.